The first-order valence-corrected chi connectivity index (χ1v) is 12.5. The van der Waals surface area contributed by atoms with Crippen LogP contribution in [-0.2, 0) is 19.0 Å². The molecule has 3 rings (SSSR count). The van der Waals surface area contributed by atoms with E-state index in [-0.39, 0.29) is 36.6 Å². The van der Waals surface area contributed by atoms with Crippen LogP contribution in [0.1, 0.15) is 58.6 Å². The first kappa shape index (κ1) is 28.0. The van der Waals surface area contributed by atoms with Gasteiger partial charge in [0, 0.05) is 32.7 Å². The maximum atomic E-state index is 14.9. The van der Waals surface area contributed by atoms with Crippen LogP contribution >= 0.6 is 0 Å². The maximum absolute atomic E-state index is 14.9. The van der Waals surface area contributed by atoms with E-state index in [1.54, 1.807) is 38.8 Å². The normalized spacial score (nSPS) is 19.0. The molecule has 2 aliphatic rings. The van der Waals surface area contributed by atoms with Crippen LogP contribution in [0.5, 0.6) is 11.5 Å². The van der Waals surface area contributed by atoms with Crippen molar-refractivity contribution < 1.29 is 37.7 Å². The minimum atomic E-state index is -0.817. The van der Waals surface area contributed by atoms with E-state index >= 15 is 0 Å². The van der Waals surface area contributed by atoms with E-state index in [9.17, 15) is 14.0 Å². The third-order valence-corrected chi connectivity index (χ3v) is 6.07. The molecule has 1 aromatic rings. The van der Waals surface area contributed by atoms with Crippen LogP contribution in [0.3, 0.4) is 0 Å². The molecule has 0 aromatic heterocycles. The van der Waals surface area contributed by atoms with Crippen LogP contribution in [0.25, 0.3) is 0 Å². The fourth-order valence-corrected chi connectivity index (χ4v) is 4.18. The highest BCUT2D eigenvalue weighted by atomic mass is 19.1. The van der Waals surface area contributed by atoms with Gasteiger partial charge in [0.25, 0.3) is 5.91 Å². The second-order valence-corrected chi connectivity index (χ2v) is 10.2. The van der Waals surface area contributed by atoms with Crippen LogP contribution < -0.4 is 9.47 Å². The summed E-state index contributed by atoms with van der Waals surface area (Å²) in [6, 6.07) is 2.69. The number of carbonyl (C=O) groups excluding carboxylic acids is 2. The molecule has 9 nitrogen and oxygen atoms in total. The van der Waals surface area contributed by atoms with Crippen molar-refractivity contribution in [3.05, 3.63) is 23.5 Å². The molecular formula is C26H39FN2O7. The summed E-state index contributed by atoms with van der Waals surface area (Å²) in [5.41, 5.74) is -0.0410. The van der Waals surface area contributed by atoms with Gasteiger partial charge in [0.05, 0.1) is 32.9 Å². The Balaban J connectivity index is 1.78. The summed E-state index contributed by atoms with van der Waals surface area (Å²) in [5.74, 6) is -0.478. The topological polar surface area (TPSA) is 86.8 Å². The Hall–Kier alpha value is -2.59. The maximum Gasteiger partial charge on any atom is 0.410 e. The van der Waals surface area contributed by atoms with Gasteiger partial charge in [-0.15, -0.1) is 0 Å². The lowest BCUT2D eigenvalue weighted by Gasteiger charge is -2.38. The zero-order valence-corrected chi connectivity index (χ0v) is 22.2. The number of rotatable bonds is 10. The van der Waals surface area contributed by atoms with E-state index in [1.165, 1.54) is 18.1 Å². The number of nitrogens with zero attached hydrogens (tertiary/aromatic N) is 2. The number of hydrogen-bond acceptors (Lipinski definition) is 7. The standard InChI is InChI=1S/C26H39FN2O7/c1-17(18-14-20(27)23(33-6)21(15-18)34-12-7-11-32-5)29(19-8-9-19)24(30)22-16-28(10-13-35-22)25(31)36-26(2,3)4/h14-15,17,19,22H,7-13,16H2,1-6H3/t17?,22-/m1/s1. The lowest BCUT2D eigenvalue weighted by atomic mass is 10.0. The van der Waals surface area contributed by atoms with E-state index in [4.69, 9.17) is 23.7 Å². The molecule has 1 aliphatic carbocycles. The van der Waals surface area contributed by atoms with Gasteiger partial charge in [-0.1, -0.05) is 0 Å². The second kappa shape index (κ2) is 12.1. The first-order valence-electron chi connectivity index (χ1n) is 12.5. The molecule has 1 aromatic carbocycles. The van der Waals surface area contributed by atoms with Gasteiger partial charge in [-0.05, 0) is 58.2 Å². The lowest BCUT2D eigenvalue weighted by Crippen LogP contribution is -2.54. The molecule has 202 valence electrons. The average molecular weight is 511 g/mol. The number of amides is 2. The van der Waals surface area contributed by atoms with E-state index in [0.717, 1.165) is 12.8 Å². The molecule has 10 heteroatoms. The van der Waals surface area contributed by atoms with Crippen molar-refractivity contribution in [3.8, 4) is 11.5 Å². The summed E-state index contributed by atoms with van der Waals surface area (Å²) < 4.78 is 42.2. The zero-order chi connectivity index (χ0) is 26.5. The molecule has 0 radical (unpaired) electrons. The Bertz CT molecular complexity index is 916. The molecule has 1 unspecified atom stereocenters. The molecule has 0 spiro atoms. The molecule has 1 saturated heterocycles. The molecule has 0 N–H and O–H groups in total. The molecule has 2 fully saturated rings. The second-order valence-electron chi connectivity index (χ2n) is 10.2. The van der Waals surface area contributed by atoms with Crippen LogP contribution in [-0.4, -0.2) is 86.7 Å². The first-order chi connectivity index (χ1) is 17.1. The number of benzene rings is 1. The number of hydrogen-bond donors (Lipinski definition) is 0. The lowest BCUT2D eigenvalue weighted by molar-refractivity contribution is -0.151. The van der Waals surface area contributed by atoms with Crippen molar-refractivity contribution >= 4 is 12.0 Å². The fourth-order valence-electron chi connectivity index (χ4n) is 4.18. The highest BCUT2D eigenvalue weighted by Gasteiger charge is 2.42. The molecule has 1 saturated carbocycles. The van der Waals surface area contributed by atoms with Crippen LogP contribution in [0.2, 0.25) is 0 Å². The van der Waals surface area contributed by atoms with Crippen LogP contribution in [0.4, 0.5) is 9.18 Å². The number of methoxy groups -OCH3 is 2. The van der Waals surface area contributed by atoms with Crippen molar-refractivity contribution in [1.82, 2.24) is 9.80 Å². The predicted molar refractivity (Wildman–Crippen MR) is 131 cm³/mol. The van der Waals surface area contributed by atoms with Crippen molar-refractivity contribution in [2.45, 2.75) is 70.7 Å². The van der Waals surface area contributed by atoms with Gasteiger partial charge in [-0.3, -0.25) is 4.79 Å². The molecule has 1 aliphatic heterocycles. The number of morpholine rings is 1. The van der Waals surface area contributed by atoms with Gasteiger partial charge >= 0.3 is 6.09 Å². The summed E-state index contributed by atoms with van der Waals surface area (Å²) in [6.45, 7) is 8.81. The largest absolute Gasteiger partial charge is 0.490 e. The van der Waals surface area contributed by atoms with Crippen LogP contribution in [0.15, 0.2) is 12.1 Å². The molecule has 2 atom stereocenters. The van der Waals surface area contributed by atoms with Crippen molar-refractivity contribution in [2.75, 3.05) is 47.1 Å². The Morgan fingerprint density at radius 3 is 2.56 bits per heavy atom. The molecule has 0 bridgehead atoms. The van der Waals surface area contributed by atoms with Crippen molar-refractivity contribution in [2.24, 2.45) is 0 Å². The number of halogens is 1. The monoisotopic (exact) mass is 510 g/mol. The van der Waals surface area contributed by atoms with Gasteiger partial charge in [-0.2, -0.15) is 0 Å². The molecular weight excluding hydrogens is 471 g/mol. The van der Waals surface area contributed by atoms with Gasteiger partial charge < -0.3 is 33.5 Å². The zero-order valence-electron chi connectivity index (χ0n) is 22.2. The Morgan fingerprint density at radius 1 is 1.22 bits per heavy atom. The molecule has 1 heterocycles. The number of carbonyl (C=O) groups is 2. The Kier molecular flexibility index (Phi) is 9.41. The molecule has 2 amide bonds. The van der Waals surface area contributed by atoms with Crippen molar-refractivity contribution in [1.29, 1.82) is 0 Å². The SMILES string of the molecule is COCCCOc1cc(C(C)N(C(=O)[C@H]2CN(C(=O)OC(C)(C)C)CCO2)C2CC2)cc(F)c1OC. The highest BCUT2D eigenvalue weighted by molar-refractivity contribution is 5.83. The third-order valence-electron chi connectivity index (χ3n) is 6.07. The smallest absolute Gasteiger partial charge is 0.410 e. The quantitative estimate of drug-likeness (QED) is 0.441. The summed E-state index contributed by atoms with van der Waals surface area (Å²) in [6.07, 6.45) is 1.07. The van der Waals surface area contributed by atoms with E-state index < -0.39 is 29.7 Å². The van der Waals surface area contributed by atoms with Gasteiger partial charge in [0.15, 0.2) is 23.4 Å². The number of ether oxygens (including phenoxy) is 5. The van der Waals surface area contributed by atoms with E-state index in [2.05, 4.69) is 0 Å². The van der Waals surface area contributed by atoms with E-state index in [1.807, 2.05) is 6.92 Å². The Morgan fingerprint density at radius 2 is 1.94 bits per heavy atom. The van der Waals surface area contributed by atoms with Gasteiger partial charge in [-0.25, -0.2) is 9.18 Å². The van der Waals surface area contributed by atoms with Crippen molar-refractivity contribution in [3.63, 3.8) is 0 Å². The van der Waals surface area contributed by atoms with Crippen LogP contribution in [0, 0.1) is 5.82 Å². The fraction of sp³-hybridized carbons (Fsp3) is 0.692. The third kappa shape index (κ3) is 7.22. The minimum absolute atomic E-state index is 0.0243. The van der Waals surface area contributed by atoms with Gasteiger partial charge in [0.1, 0.15) is 5.60 Å². The summed E-state index contributed by atoms with van der Waals surface area (Å²) in [5, 5.41) is 0. The predicted octanol–water partition coefficient (Wildman–Crippen LogP) is 3.94. The summed E-state index contributed by atoms with van der Waals surface area (Å²) in [4.78, 5) is 29.5. The summed E-state index contributed by atoms with van der Waals surface area (Å²) >= 11 is 0. The minimum Gasteiger partial charge on any atom is -0.490 e. The van der Waals surface area contributed by atoms with E-state index in [0.29, 0.717) is 31.7 Å². The average Bonchev–Trinajstić information content (AvgIpc) is 3.65. The highest BCUT2D eigenvalue weighted by Crippen LogP contribution is 2.39. The summed E-state index contributed by atoms with van der Waals surface area (Å²) in [7, 11) is 3.00. The Labute approximate surface area is 212 Å². The van der Waals surface area contributed by atoms with Gasteiger partial charge in [0.2, 0.25) is 0 Å². The molecule has 36 heavy (non-hydrogen) atoms.